The van der Waals surface area contributed by atoms with Gasteiger partial charge in [0.05, 0.1) is 24.3 Å². The molecule has 0 aromatic heterocycles. The highest BCUT2D eigenvalue weighted by atomic mass is 16.6. The summed E-state index contributed by atoms with van der Waals surface area (Å²) in [6.07, 6.45) is 0. The Balaban J connectivity index is 1.34. The highest BCUT2D eigenvalue weighted by Gasteiger charge is 2.20. The molecule has 0 unspecified atom stereocenters. The molecule has 30 heavy (non-hydrogen) atoms. The summed E-state index contributed by atoms with van der Waals surface area (Å²) in [6, 6.07) is 14.2. The highest BCUT2D eigenvalue weighted by Crippen LogP contribution is 2.28. The molecule has 0 atom stereocenters. The fourth-order valence-corrected chi connectivity index (χ4v) is 3.41. The van der Waals surface area contributed by atoms with Gasteiger partial charge < -0.3 is 20.3 Å². The van der Waals surface area contributed by atoms with Crippen LogP contribution in [0, 0.1) is 10.1 Å². The Morgan fingerprint density at radius 2 is 1.77 bits per heavy atom. The minimum Gasteiger partial charge on any atom is -0.495 e. The molecule has 0 bridgehead atoms. The number of ether oxygens (including phenoxy) is 1. The van der Waals surface area contributed by atoms with E-state index < -0.39 is 4.92 Å². The number of nitrogens with one attached hydrogen (secondary N) is 2. The van der Waals surface area contributed by atoms with E-state index in [-0.39, 0.29) is 11.6 Å². The molecular weight excluding hydrogens is 386 g/mol. The van der Waals surface area contributed by atoms with Gasteiger partial charge in [0.15, 0.2) is 0 Å². The fraction of sp³-hybridized carbons (Fsp3) is 0.381. The lowest BCUT2D eigenvalue weighted by atomic mass is 10.2. The average Bonchev–Trinajstić information content (AvgIpc) is 2.77. The molecule has 9 nitrogen and oxygen atoms in total. The van der Waals surface area contributed by atoms with Gasteiger partial charge in [0.2, 0.25) is 5.91 Å². The first-order valence-corrected chi connectivity index (χ1v) is 9.92. The number of piperazine rings is 1. The minimum atomic E-state index is -0.430. The van der Waals surface area contributed by atoms with E-state index in [9.17, 15) is 14.9 Å². The molecular formula is C21H27N5O4. The Bertz CT molecular complexity index is 851. The summed E-state index contributed by atoms with van der Waals surface area (Å²) in [4.78, 5) is 26.9. The van der Waals surface area contributed by atoms with Crippen LogP contribution in [0.3, 0.4) is 0 Å². The number of nitro benzene ring substituents is 1. The van der Waals surface area contributed by atoms with E-state index in [0.29, 0.717) is 19.6 Å². The number of rotatable bonds is 9. The van der Waals surface area contributed by atoms with Crippen LogP contribution in [0.5, 0.6) is 5.75 Å². The maximum Gasteiger partial charge on any atom is 0.269 e. The molecule has 1 saturated heterocycles. The first-order chi connectivity index (χ1) is 14.6. The number of nitro groups is 1. The molecule has 0 saturated carbocycles. The van der Waals surface area contributed by atoms with Crippen molar-refractivity contribution in [3.63, 3.8) is 0 Å². The van der Waals surface area contributed by atoms with Crippen molar-refractivity contribution in [2.45, 2.75) is 0 Å². The van der Waals surface area contributed by atoms with Gasteiger partial charge >= 0.3 is 0 Å². The van der Waals surface area contributed by atoms with Gasteiger partial charge in [0.25, 0.3) is 5.69 Å². The van der Waals surface area contributed by atoms with Crippen LogP contribution in [0.1, 0.15) is 0 Å². The van der Waals surface area contributed by atoms with E-state index in [1.807, 2.05) is 18.2 Å². The molecule has 2 aromatic rings. The van der Waals surface area contributed by atoms with Crippen molar-refractivity contribution in [2.24, 2.45) is 0 Å². The summed E-state index contributed by atoms with van der Waals surface area (Å²) >= 11 is 0. The molecule has 0 radical (unpaired) electrons. The van der Waals surface area contributed by atoms with Crippen molar-refractivity contribution < 1.29 is 14.5 Å². The van der Waals surface area contributed by atoms with Crippen molar-refractivity contribution in [2.75, 3.05) is 63.1 Å². The van der Waals surface area contributed by atoms with Gasteiger partial charge in [0, 0.05) is 57.1 Å². The molecule has 1 fully saturated rings. The Labute approximate surface area is 175 Å². The first-order valence-electron chi connectivity index (χ1n) is 9.92. The highest BCUT2D eigenvalue weighted by molar-refractivity contribution is 5.78. The molecule has 2 aromatic carbocycles. The van der Waals surface area contributed by atoms with E-state index >= 15 is 0 Å². The molecule has 1 amide bonds. The summed E-state index contributed by atoms with van der Waals surface area (Å²) < 4.78 is 5.44. The third-order valence-electron chi connectivity index (χ3n) is 5.02. The molecule has 9 heteroatoms. The number of carbonyl (C=O) groups excluding carboxylic acids is 1. The van der Waals surface area contributed by atoms with Crippen molar-refractivity contribution >= 4 is 23.0 Å². The lowest BCUT2D eigenvalue weighted by molar-refractivity contribution is -0.384. The van der Waals surface area contributed by atoms with Gasteiger partial charge in [-0.1, -0.05) is 12.1 Å². The summed E-state index contributed by atoms with van der Waals surface area (Å²) in [6.45, 7) is 4.71. The summed E-state index contributed by atoms with van der Waals surface area (Å²) in [5, 5.41) is 16.7. The summed E-state index contributed by atoms with van der Waals surface area (Å²) in [5.41, 5.74) is 1.92. The third-order valence-corrected chi connectivity index (χ3v) is 5.02. The van der Waals surface area contributed by atoms with Crippen molar-refractivity contribution in [3.05, 3.63) is 58.6 Å². The Morgan fingerprint density at radius 1 is 1.07 bits per heavy atom. The van der Waals surface area contributed by atoms with Crippen LogP contribution in [-0.2, 0) is 4.79 Å². The Kier molecular flexibility index (Phi) is 7.45. The van der Waals surface area contributed by atoms with Crippen LogP contribution in [-0.4, -0.2) is 68.7 Å². The zero-order chi connectivity index (χ0) is 21.3. The van der Waals surface area contributed by atoms with Crippen LogP contribution < -0.4 is 20.3 Å². The standard InChI is InChI=1S/C21H27N5O4/c1-30-20-5-3-2-4-19(20)25-14-12-24(13-15-25)16-21(27)23-11-10-22-17-6-8-18(9-7-17)26(28)29/h2-9,22H,10-16H2,1H3,(H,23,27). The van der Waals surface area contributed by atoms with Crippen LogP contribution in [0.25, 0.3) is 0 Å². The number of hydrogen-bond acceptors (Lipinski definition) is 7. The van der Waals surface area contributed by atoms with Crippen molar-refractivity contribution in [1.82, 2.24) is 10.2 Å². The molecule has 2 N–H and O–H groups in total. The molecule has 0 spiro atoms. The number of amides is 1. The maximum absolute atomic E-state index is 12.2. The van der Waals surface area contributed by atoms with Crippen molar-refractivity contribution in [1.29, 1.82) is 0 Å². The SMILES string of the molecule is COc1ccccc1N1CCN(CC(=O)NCCNc2ccc([N+](=O)[O-])cc2)CC1. The number of nitrogens with zero attached hydrogens (tertiary/aromatic N) is 3. The van der Waals surface area contributed by atoms with Crippen LogP contribution in [0.2, 0.25) is 0 Å². The van der Waals surface area contributed by atoms with E-state index in [4.69, 9.17) is 4.74 Å². The molecule has 1 aliphatic heterocycles. The predicted molar refractivity (Wildman–Crippen MR) is 116 cm³/mol. The third kappa shape index (κ3) is 5.84. The van der Waals surface area contributed by atoms with Gasteiger partial charge in [-0.05, 0) is 24.3 Å². The smallest absolute Gasteiger partial charge is 0.269 e. The molecule has 160 valence electrons. The number of benzene rings is 2. The zero-order valence-electron chi connectivity index (χ0n) is 17.0. The summed E-state index contributed by atoms with van der Waals surface area (Å²) in [5.74, 6) is 0.857. The number of methoxy groups -OCH3 is 1. The quantitative estimate of drug-likeness (QED) is 0.368. The number of non-ortho nitro benzene ring substituents is 1. The normalized spacial score (nSPS) is 14.2. The van der Waals surface area contributed by atoms with Gasteiger partial charge in [-0.3, -0.25) is 19.8 Å². The zero-order valence-corrected chi connectivity index (χ0v) is 17.0. The second-order valence-corrected chi connectivity index (χ2v) is 7.02. The number of carbonyl (C=O) groups is 1. The van der Waals surface area contributed by atoms with Gasteiger partial charge in [-0.15, -0.1) is 0 Å². The van der Waals surface area contributed by atoms with E-state index in [0.717, 1.165) is 43.3 Å². The monoisotopic (exact) mass is 413 g/mol. The van der Waals surface area contributed by atoms with Crippen LogP contribution in [0.15, 0.2) is 48.5 Å². The Morgan fingerprint density at radius 3 is 2.43 bits per heavy atom. The number of anilines is 2. The molecule has 1 aliphatic rings. The number of hydrogen-bond donors (Lipinski definition) is 2. The van der Waals surface area contributed by atoms with E-state index in [1.165, 1.54) is 12.1 Å². The van der Waals surface area contributed by atoms with E-state index in [2.05, 4.69) is 26.5 Å². The Hall–Kier alpha value is -3.33. The molecule has 3 rings (SSSR count). The number of para-hydroxylation sites is 2. The van der Waals surface area contributed by atoms with Crippen molar-refractivity contribution in [3.8, 4) is 5.75 Å². The van der Waals surface area contributed by atoms with Gasteiger partial charge in [0.1, 0.15) is 5.75 Å². The molecule has 0 aliphatic carbocycles. The minimum absolute atomic E-state index is 0.00811. The largest absolute Gasteiger partial charge is 0.495 e. The van der Waals surface area contributed by atoms with Crippen LogP contribution >= 0.6 is 0 Å². The lowest BCUT2D eigenvalue weighted by Crippen LogP contribution is -2.49. The second-order valence-electron chi connectivity index (χ2n) is 7.02. The second kappa shape index (κ2) is 10.4. The predicted octanol–water partition coefficient (Wildman–Crippen LogP) is 1.95. The fourth-order valence-electron chi connectivity index (χ4n) is 3.41. The maximum atomic E-state index is 12.2. The lowest BCUT2D eigenvalue weighted by Gasteiger charge is -2.36. The van der Waals surface area contributed by atoms with E-state index in [1.54, 1.807) is 19.2 Å². The van der Waals surface area contributed by atoms with Gasteiger partial charge in [-0.25, -0.2) is 0 Å². The first kappa shape index (κ1) is 21.4. The molecule has 1 heterocycles. The van der Waals surface area contributed by atoms with Crippen LogP contribution in [0.4, 0.5) is 17.1 Å². The topological polar surface area (TPSA) is 100.0 Å². The summed E-state index contributed by atoms with van der Waals surface area (Å²) in [7, 11) is 1.68. The van der Waals surface area contributed by atoms with Gasteiger partial charge in [-0.2, -0.15) is 0 Å². The average molecular weight is 413 g/mol.